The first-order valence-corrected chi connectivity index (χ1v) is 11.8. The molecule has 184 valence electrons. The number of methoxy groups -OCH3 is 1. The minimum atomic E-state index is -0.542. The molecular weight excluding hydrogens is 472 g/mol. The van der Waals surface area contributed by atoms with Gasteiger partial charge in [0.2, 0.25) is 5.89 Å². The van der Waals surface area contributed by atoms with Gasteiger partial charge in [-0.15, -0.1) is 0 Å². The average molecular weight is 499 g/mol. The summed E-state index contributed by atoms with van der Waals surface area (Å²) >= 11 is 5.90. The number of aromatic nitrogens is 1. The summed E-state index contributed by atoms with van der Waals surface area (Å²) in [6, 6.07) is 15.4. The highest BCUT2D eigenvalue weighted by molar-refractivity contribution is 6.30. The van der Waals surface area contributed by atoms with Gasteiger partial charge in [-0.1, -0.05) is 48.0 Å². The molecule has 0 saturated carbocycles. The first-order chi connectivity index (χ1) is 17.0. The molecule has 3 aromatic rings. The van der Waals surface area contributed by atoms with E-state index in [0.717, 1.165) is 16.7 Å². The SMILES string of the molecule is COC(=O)CCc1ccccc1C[C@@H]1OCO[C@H]1c1nc(C(=O)NCCc2ccc(Cl)cc2)co1. The largest absolute Gasteiger partial charge is 0.469 e. The number of nitrogens with one attached hydrogen (secondary N) is 1. The first-order valence-electron chi connectivity index (χ1n) is 11.4. The first kappa shape index (κ1) is 24.9. The van der Waals surface area contributed by atoms with E-state index >= 15 is 0 Å². The van der Waals surface area contributed by atoms with Crippen molar-refractivity contribution in [2.24, 2.45) is 0 Å². The van der Waals surface area contributed by atoms with Crippen LogP contribution in [0.5, 0.6) is 0 Å². The van der Waals surface area contributed by atoms with Gasteiger partial charge in [0, 0.05) is 24.4 Å². The summed E-state index contributed by atoms with van der Waals surface area (Å²) in [4.78, 5) is 28.4. The molecular formula is C26H27ClN2O6. The van der Waals surface area contributed by atoms with Gasteiger partial charge in [-0.3, -0.25) is 9.59 Å². The molecule has 0 radical (unpaired) electrons. The summed E-state index contributed by atoms with van der Waals surface area (Å²) < 4.78 is 21.9. The van der Waals surface area contributed by atoms with E-state index in [1.807, 2.05) is 48.5 Å². The van der Waals surface area contributed by atoms with Crippen molar-refractivity contribution in [3.05, 3.63) is 88.1 Å². The number of amides is 1. The number of carbonyl (C=O) groups excluding carboxylic acids is 2. The molecule has 0 bridgehead atoms. The van der Waals surface area contributed by atoms with E-state index in [0.29, 0.717) is 43.1 Å². The van der Waals surface area contributed by atoms with Crippen LogP contribution in [0, 0.1) is 0 Å². The Bertz CT molecular complexity index is 1150. The fraction of sp³-hybridized carbons (Fsp3) is 0.346. The van der Waals surface area contributed by atoms with Gasteiger partial charge in [0.15, 0.2) is 11.8 Å². The van der Waals surface area contributed by atoms with Crippen molar-refractivity contribution in [1.82, 2.24) is 10.3 Å². The zero-order valence-corrected chi connectivity index (χ0v) is 20.1. The Labute approximate surface area is 208 Å². The topological polar surface area (TPSA) is 99.9 Å². The van der Waals surface area contributed by atoms with E-state index in [1.54, 1.807) is 0 Å². The number of carbonyl (C=O) groups is 2. The summed E-state index contributed by atoms with van der Waals surface area (Å²) in [5.41, 5.74) is 3.34. The molecule has 9 heteroatoms. The molecule has 0 unspecified atom stereocenters. The van der Waals surface area contributed by atoms with Crippen molar-refractivity contribution < 1.29 is 28.2 Å². The second-order valence-electron chi connectivity index (χ2n) is 8.16. The maximum atomic E-state index is 12.5. The third-order valence-corrected chi connectivity index (χ3v) is 6.10. The van der Waals surface area contributed by atoms with Crippen LogP contribution in [0.25, 0.3) is 0 Å². The van der Waals surface area contributed by atoms with Gasteiger partial charge in [0.1, 0.15) is 13.1 Å². The molecule has 1 saturated heterocycles. The van der Waals surface area contributed by atoms with E-state index in [-0.39, 0.29) is 30.5 Å². The predicted octanol–water partition coefficient (Wildman–Crippen LogP) is 4.06. The Morgan fingerprint density at radius 1 is 1.09 bits per heavy atom. The van der Waals surface area contributed by atoms with Crippen molar-refractivity contribution in [3.63, 3.8) is 0 Å². The van der Waals surface area contributed by atoms with Crippen molar-refractivity contribution in [1.29, 1.82) is 0 Å². The van der Waals surface area contributed by atoms with Crippen LogP contribution in [-0.4, -0.2) is 43.4 Å². The zero-order valence-electron chi connectivity index (χ0n) is 19.4. The summed E-state index contributed by atoms with van der Waals surface area (Å²) in [7, 11) is 1.38. The van der Waals surface area contributed by atoms with Crippen molar-refractivity contribution >= 4 is 23.5 Å². The van der Waals surface area contributed by atoms with Crippen molar-refractivity contribution in [3.8, 4) is 0 Å². The number of hydrogen-bond acceptors (Lipinski definition) is 7. The monoisotopic (exact) mass is 498 g/mol. The molecule has 2 atom stereocenters. The van der Waals surface area contributed by atoms with Crippen molar-refractivity contribution in [2.45, 2.75) is 37.9 Å². The number of halogens is 1. The Balaban J connectivity index is 1.35. The standard InChI is InChI=1S/C26H27ClN2O6/c1-32-23(30)11-8-18-4-2-3-5-19(18)14-22-24(35-16-34-22)26-29-21(15-33-26)25(31)28-13-12-17-6-9-20(27)10-7-17/h2-7,9-10,15,22,24H,8,11-14,16H2,1H3,(H,28,31)/t22-,24+/m0/s1. The normalized spacial score (nSPS) is 17.3. The lowest BCUT2D eigenvalue weighted by Crippen LogP contribution is -2.26. The minimum Gasteiger partial charge on any atom is -0.469 e. The Morgan fingerprint density at radius 3 is 2.63 bits per heavy atom. The summed E-state index contributed by atoms with van der Waals surface area (Å²) in [5, 5.41) is 3.52. The third kappa shape index (κ3) is 6.69. The summed E-state index contributed by atoms with van der Waals surface area (Å²) in [5.74, 6) is -0.281. The second kappa shape index (κ2) is 12.0. The highest BCUT2D eigenvalue weighted by atomic mass is 35.5. The predicted molar refractivity (Wildman–Crippen MR) is 128 cm³/mol. The summed E-state index contributed by atoms with van der Waals surface area (Å²) in [6.45, 7) is 0.557. The van der Waals surface area contributed by atoms with Gasteiger partial charge < -0.3 is 23.9 Å². The van der Waals surface area contributed by atoms with E-state index < -0.39 is 6.10 Å². The lowest BCUT2D eigenvalue weighted by atomic mass is 9.96. The fourth-order valence-electron chi connectivity index (χ4n) is 3.93. The molecule has 1 N–H and O–H groups in total. The number of nitrogens with zero attached hydrogens (tertiary/aromatic N) is 1. The van der Waals surface area contributed by atoms with Gasteiger partial charge in [-0.05, 0) is 41.7 Å². The molecule has 0 aliphatic carbocycles. The molecule has 1 aliphatic rings. The van der Waals surface area contributed by atoms with Crippen LogP contribution in [0.15, 0.2) is 59.2 Å². The molecule has 1 aromatic heterocycles. The molecule has 2 aromatic carbocycles. The number of esters is 1. The van der Waals surface area contributed by atoms with Gasteiger partial charge in [-0.25, -0.2) is 4.98 Å². The number of benzene rings is 2. The fourth-order valence-corrected chi connectivity index (χ4v) is 4.06. The van der Waals surface area contributed by atoms with Crippen LogP contribution in [0.3, 0.4) is 0 Å². The summed E-state index contributed by atoms with van der Waals surface area (Å²) in [6.07, 6.45) is 2.54. The lowest BCUT2D eigenvalue weighted by Gasteiger charge is -2.16. The molecule has 4 rings (SSSR count). The number of oxazole rings is 1. The molecule has 2 heterocycles. The molecule has 1 amide bonds. The Morgan fingerprint density at radius 2 is 1.86 bits per heavy atom. The van der Waals surface area contributed by atoms with Gasteiger partial charge in [-0.2, -0.15) is 0 Å². The van der Waals surface area contributed by atoms with Crippen molar-refractivity contribution in [2.75, 3.05) is 20.4 Å². The molecule has 35 heavy (non-hydrogen) atoms. The number of rotatable bonds is 10. The molecule has 8 nitrogen and oxygen atoms in total. The quantitative estimate of drug-likeness (QED) is 0.421. The van der Waals surface area contributed by atoms with E-state index in [2.05, 4.69) is 10.3 Å². The number of ether oxygens (including phenoxy) is 3. The van der Waals surface area contributed by atoms with Gasteiger partial charge in [0.05, 0.1) is 13.2 Å². The maximum absolute atomic E-state index is 12.5. The van der Waals surface area contributed by atoms with E-state index in [4.69, 9.17) is 30.2 Å². The second-order valence-corrected chi connectivity index (χ2v) is 8.60. The highest BCUT2D eigenvalue weighted by Crippen LogP contribution is 2.31. The lowest BCUT2D eigenvalue weighted by molar-refractivity contribution is -0.140. The Hall–Kier alpha value is -3.20. The van der Waals surface area contributed by atoms with Crippen LogP contribution in [0.1, 0.15) is 45.6 Å². The maximum Gasteiger partial charge on any atom is 0.305 e. The minimum absolute atomic E-state index is 0.102. The van der Waals surface area contributed by atoms with Gasteiger partial charge >= 0.3 is 5.97 Å². The number of aryl methyl sites for hydroxylation is 1. The van der Waals surface area contributed by atoms with Crippen LogP contribution in [-0.2, 0) is 38.3 Å². The number of hydrogen-bond donors (Lipinski definition) is 1. The molecule has 0 spiro atoms. The highest BCUT2D eigenvalue weighted by Gasteiger charge is 2.35. The smallest absolute Gasteiger partial charge is 0.305 e. The van der Waals surface area contributed by atoms with E-state index in [1.165, 1.54) is 13.4 Å². The zero-order chi connectivity index (χ0) is 24.6. The van der Waals surface area contributed by atoms with E-state index in [9.17, 15) is 9.59 Å². The Kier molecular flexibility index (Phi) is 8.52. The average Bonchev–Trinajstić information content (AvgIpc) is 3.54. The van der Waals surface area contributed by atoms with Gasteiger partial charge in [0.25, 0.3) is 5.91 Å². The third-order valence-electron chi connectivity index (χ3n) is 5.84. The van der Waals surface area contributed by atoms with Crippen LogP contribution in [0.4, 0.5) is 0 Å². The van der Waals surface area contributed by atoms with Crippen LogP contribution < -0.4 is 5.32 Å². The molecule has 1 fully saturated rings. The molecule has 1 aliphatic heterocycles. The van der Waals surface area contributed by atoms with Crippen LogP contribution in [0.2, 0.25) is 5.02 Å². The van der Waals surface area contributed by atoms with Crippen LogP contribution >= 0.6 is 11.6 Å².